The molecule has 1 amide bonds. The number of rotatable bonds is 6. The Balaban J connectivity index is 2.72. The van der Waals surface area contributed by atoms with Gasteiger partial charge in [-0.2, -0.15) is 5.26 Å². The zero-order chi connectivity index (χ0) is 15.1. The van der Waals surface area contributed by atoms with E-state index < -0.39 is 23.9 Å². The number of amides is 1. The molecule has 1 heterocycles. The van der Waals surface area contributed by atoms with Gasteiger partial charge in [-0.1, -0.05) is 0 Å². The van der Waals surface area contributed by atoms with Crippen LogP contribution < -0.4 is 5.32 Å². The number of aromatic nitrogens is 1. The maximum absolute atomic E-state index is 11.7. The Morgan fingerprint density at radius 1 is 1.35 bits per heavy atom. The van der Waals surface area contributed by atoms with Crippen LogP contribution in [0.3, 0.4) is 0 Å². The molecular formula is C12H11N3O5. The molecule has 1 unspecified atom stereocenters. The van der Waals surface area contributed by atoms with Crippen molar-refractivity contribution in [2.45, 2.75) is 18.9 Å². The third kappa shape index (κ3) is 4.38. The van der Waals surface area contributed by atoms with Crippen molar-refractivity contribution >= 4 is 17.8 Å². The molecule has 0 aliphatic heterocycles. The lowest BCUT2D eigenvalue weighted by atomic mass is 10.1. The monoisotopic (exact) mass is 277 g/mol. The SMILES string of the molecule is N#Cc1ccc(C(=O)NC(CCC(=O)O)C(=O)O)nc1. The first-order chi connectivity index (χ1) is 9.43. The molecule has 1 aromatic heterocycles. The minimum Gasteiger partial charge on any atom is -0.481 e. The summed E-state index contributed by atoms with van der Waals surface area (Å²) in [4.78, 5) is 36.8. The van der Waals surface area contributed by atoms with Crippen molar-refractivity contribution in [2.75, 3.05) is 0 Å². The van der Waals surface area contributed by atoms with Gasteiger partial charge in [-0.15, -0.1) is 0 Å². The van der Waals surface area contributed by atoms with Crippen LogP contribution in [0.25, 0.3) is 0 Å². The van der Waals surface area contributed by atoms with Gasteiger partial charge in [-0.25, -0.2) is 9.78 Å². The van der Waals surface area contributed by atoms with Crippen molar-refractivity contribution in [3.05, 3.63) is 29.6 Å². The first-order valence-electron chi connectivity index (χ1n) is 5.55. The zero-order valence-electron chi connectivity index (χ0n) is 10.2. The summed E-state index contributed by atoms with van der Waals surface area (Å²) in [6.45, 7) is 0. The highest BCUT2D eigenvalue weighted by molar-refractivity contribution is 5.95. The second-order valence-corrected chi connectivity index (χ2v) is 3.84. The predicted molar refractivity (Wildman–Crippen MR) is 64.7 cm³/mol. The van der Waals surface area contributed by atoms with Crippen molar-refractivity contribution < 1.29 is 24.6 Å². The van der Waals surface area contributed by atoms with Crippen molar-refractivity contribution in [3.8, 4) is 6.07 Å². The van der Waals surface area contributed by atoms with Gasteiger partial charge in [-0.3, -0.25) is 9.59 Å². The molecule has 0 aliphatic carbocycles. The Hall–Kier alpha value is -2.95. The highest BCUT2D eigenvalue weighted by Gasteiger charge is 2.22. The molecule has 8 nitrogen and oxygen atoms in total. The Labute approximate surface area is 113 Å². The average Bonchev–Trinajstić information content (AvgIpc) is 2.42. The molecule has 0 bridgehead atoms. The molecule has 20 heavy (non-hydrogen) atoms. The van der Waals surface area contributed by atoms with Crippen molar-refractivity contribution in [2.24, 2.45) is 0 Å². The molecule has 0 saturated carbocycles. The van der Waals surface area contributed by atoms with Crippen LogP contribution in [0.2, 0.25) is 0 Å². The Morgan fingerprint density at radius 3 is 2.50 bits per heavy atom. The van der Waals surface area contributed by atoms with Crippen LogP contribution >= 0.6 is 0 Å². The Bertz CT molecular complexity index is 561. The zero-order valence-corrected chi connectivity index (χ0v) is 10.2. The molecular weight excluding hydrogens is 266 g/mol. The largest absolute Gasteiger partial charge is 0.481 e. The highest BCUT2D eigenvalue weighted by atomic mass is 16.4. The summed E-state index contributed by atoms with van der Waals surface area (Å²) in [7, 11) is 0. The van der Waals surface area contributed by atoms with E-state index in [2.05, 4.69) is 10.3 Å². The fraction of sp³-hybridized carbons (Fsp3) is 0.250. The van der Waals surface area contributed by atoms with E-state index in [0.29, 0.717) is 0 Å². The molecule has 0 aliphatic rings. The van der Waals surface area contributed by atoms with Gasteiger partial charge in [0.05, 0.1) is 5.56 Å². The number of carbonyl (C=O) groups excluding carboxylic acids is 1. The Morgan fingerprint density at radius 2 is 2.05 bits per heavy atom. The number of carboxylic acids is 2. The predicted octanol–water partition coefficient (Wildman–Crippen LogP) is 0.00108. The van der Waals surface area contributed by atoms with Gasteiger partial charge in [0.2, 0.25) is 0 Å². The van der Waals surface area contributed by atoms with E-state index in [9.17, 15) is 14.4 Å². The first-order valence-corrected chi connectivity index (χ1v) is 5.55. The second kappa shape index (κ2) is 6.84. The third-order valence-electron chi connectivity index (χ3n) is 2.38. The second-order valence-electron chi connectivity index (χ2n) is 3.84. The molecule has 1 rings (SSSR count). The molecule has 0 radical (unpaired) electrons. The van der Waals surface area contributed by atoms with E-state index in [0.717, 1.165) is 0 Å². The van der Waals surface area contributed by atoms with Crippen LogP contribution in [0.5, 0.6) is 0 Å². The topological polar surface area (TPSA) is 140 Å². The molecule has 8 heteroatoms. The van der Waals surface area contributed by atoms with Crippen molar-refractivity contribution in [1.29, 1.82) is 5.26 Å². The normalized spacial score (nSPS) is 11.2. The summed E-state index contributed by atoms with van der Waals surface area (Å²) in [5, 5.41) is 28.2. The number of pyridine rings is 1. The summed E-state index contributed by atoms with van der Waals surface area (Å²) in [6.07, 6.45) is 0.576. The van der Waals surface area contributed by atoms with E-state index in [-0.39, 0.29) is 24.1 Å². The molecule has 0 aromatic carbocycles. The summed E-state index contributed by atoms with van der Waals surface area (Å²) >= 11 is 0. The van der Waals surface area contributed by atoms with Gasteiger partial charge < -0.3 is 15.5 Å². The van der Waals surface area contributed by atoms with E-state index in [1.165, 1.54) is 18.3 Å². The van der Waals surface area contributed by atoms with E-state index in [1.807, 2.05) is 6.07 Å². The fourth-order valence-corrected chi connectivity index (χ4v) is 1.35. The molecule has 0 saturated heterocycles. The molecule has 3 N–H and O–H groups in total. The van der Waals surface area contributed by atoms with Crippen LogP contribution in [0.1, 0.15) is 28.9 Å². The number of nitrogens with one attached hydrogen (secondary N) is 1. The molecule has 1 atom stereocenters. The van der Waals surface area contributed by atoms with E-state index in [1.54, 1.807) is 0 Å². The number of carboxylic acid groups (broad SMARTS) is 2. The summed E-state index contributed by atoms with van der Waals surface area (Å²) < 4.78 is 0. The lowest BCUT2D eigenvalue weighted by Crippen LogP contribution is -2.41. The molecule has 1 aromatic rings. The molecule has 0 fully saturated rings. The first kappa shape index (κ1) is 15.1. The lowest BCUT2D eigenvalue weighted by Gasteiger charge is -2.12. The van der Waals surface area contributed by atoms with E-state index >= 15 is 0 Å². The maximum atomic E-state index is 11.7. The van der Waals surface area contributed by atoms with Gasteiger partial charge in [0.1, 0.15) is 17.8 Å². The smallest absolute Gasteiger partial charge is 0.326 e. The minimum absolute atomic E-state index is 0.0504. The maximum Gasteiger partial charge on any atom is 0.326 e. The number of nitriles is 1. The Kier molecular flexibility index (Phi) is 5.17. The molecule has 104 valence electrons. The summed E-state index contributed by atoms with van der Waals surface area (Å²) in [5.41, 5.74) is 0.216. The third-order valence-corrected chi connectivity index (χ3v) is 2.38. The number of hydrogen-bond acceptors (Lipinski definition) is 5. The molecule has 0 spiro atoms. The summed E-state index contributed by atoms with van der Waals surface area (Å²) in [6, 6.07) is 3.17. The fourth-order valence-electron chi connectivity index (χ4n) is 1.35. The van der Waals surface area contributed by atoms with Crippen LogP contribution in [0.4, 0.5) is 0 Å². The van der Waals surface area contributed by atoms with E-state index in [4.69, 9.17) is 15.5 Å². The highest BCUT2D eigenvalue weighted by Crippen LogP contribution is 2.02. The van der Waals surface area contributed by atoms with Gasteiger partial charge in [0.15, 0.2) is 0 Å². The van der Waals surface area contributed by atoms with Gasteiger partial charge >= 0.3 is 11.9 Å². The lowest BCUT2D eigenvalue weighted by molar-refractivity contribution is -0.140. The number of hydrogen-bond donors (Lipinski definition) is 3. The van der Waals surface area contributed by atoms with Crippen molar-refractivity contribution in [3.63, 3.8) is 0 Å². The quantitative estimate of drug-likeness (QED) is 0.664. The average molecular weight is 277 g/mol. The summed E-state index contributed by atoms with van der Waals surface area (Å²) in [5.74, 6) is -3.22. The minimum atomic E-state index is -1.33. The number of aliphatic carboxylic acids is 2. The van der Waals surface area contributed by atoms with Crippen molar-refractivity contribution in [1.82, 2.24) is 10.3 Å². The van der Waals surface area contributed by atoms with Gasteiger partial charge in [-0.05, 0) is 18.6 Å². The van der Waals surface area contributed by atoms with Crippen LogP contribution in [0.15, 0.2) is 18.3 Å². The standard InChI is InChI=1S/C12H11N3O5/c13-5-7-1-2-8(14-6-7)11(18)15-9(12(19)20)3-4-10(16)17/h1-2,6,9H,3-4H2,(H,15,18)(H,16,17)(H,19,20). The van der Waals surface area contributed by atoms with Gasteiger partial charge in [0, 0.05) is 12.6 Å². The number of carbonyl (C=O) groups is 3. The van der Waals surface area contributed by atoms with Crippen LogP contribution in [-0.4, -0.2) is 39.1 Å². The van der Waals surface area contributed by atoms with Crippen LogP contribution in [-0.2, 0) is 9.59 Å². The number of nitrogens with zero attached hydrogens (tertiary/aromatic N) is 2. The van der Waals surface area contributed by atoms with Gasteiger partial charge in [0.25, 0.3) is 5.91 Å². The van der Waals surface area contributed by atoms with Crippen LogP contribution in [0, 0.1) is 11.3 Å².